The Labute approximate surface area is 213 Å². The summed E-state index contributed by atoms with van der Waals surface area (Å²) in [6, 6.07) is 13.0. The number of nitrogens with zero attached hydrogens (tertiary/aromatic N) is 2. The number of anilines is 2. The monoisotopic (exact) mass is 518 g/mol. The SMILES string of the molecule is Cc1noc(C)c1SNc1ccc(Cl)cc1C(=O)Nc1ccc(SN2CC(C)OC(C)C2)cc1. The highest BCUT2D eigenvalue weighted by atomic mass is 35.5. The Hall–Kier alpha value is -2.17. The van der Waals surface area contributed by atoms with Gasteiger partial charge in [0.15, 0.2) is 0 Å². The van der Waals surface area contributed by atoms with E-state index in [0.717, 1.165) is 28.6 Å². The average Bonchev–Trinajstić information content (AvgIpc) is 3.10. The summed E-state index contributed by atoms with van der Waals surface area (Å²) in [6.07, 6.45) is 0.428. The van der Waals surface area contributed by atoms with E-state index in [0.29, 0.717) is 27.7 Å². The minimum Gasteiger partial charge on any atom is -0.373 e. The zero-order valence-corrected chi connectivity index (χ0v) is 21.8. The lowest BCUT2D eigenvalue weighted by atomic mass is 10.1. The van der Waals surface area contributed by atoms with E-state index in [-0.39, 0.29) is 18.1 Å². The van der Waals surface area contributed by atoms with E-state index in [1.807, 2.05) is 38.1 Å². The van der Waals surface area contributed by atoms with Crippen LogP contribution in [0.15, 0.2) is 56.8 Å². The zero-order chi connectivity index (χ0) is 24.2. The van der Waals surface area contributed by atoms with Gasteiger partial charge in [0.25, 0.3) is 5.91 Å². The molecule has 2 aromatic carbocycles. The molecule has 4 rings (SSSR count). The summed E-state index contributed by atoms with van der Waals surface area (Å²) >= 11 is 9.25. The minimum atomic E-state index is -0.249. The number of ether oxygens (including phenoxy) is 1. The van der Waals surface area contributed by atoms with Crippen LogP contribution in [0.2, 0.25) is 5.02 Å². The van der Waals surface area contributed by atoms with Gasteiger partial charge in [-0.2, -0.15) is 0 Å². The van der Waals surface area contributed by atoms with E-state index in [9.17, 15) is 4.79 Å². The largest absolute Gasteiger partial charge is 0.373 e. The molecule has 2 atom stereocenters. The molecule has 2 heterocycles. The van der Waals surface area contributed by atoms with Crippen LogP contribution in [0.1, 0.15) is 35.7 Å². The first-order chi connectivity index (χ1) is 16.3. The third-order valence-electron chi connectivity index (χ3n) is 5.19. The van der Waals surface area contributed by atoms with Gasteiger partial charge >= 0.3 is 0 Å². The molecule has 1 aliphatic rings. The molecule has 2 N–H and O–H groups in total. The topological polar surface area (TPSA) is 79.6 Å². The predicted octanol–water partition coefficient (Wildman–Crippen LogP) is 6.43. The molecule has 3 aromatic rings. The minimum absolute atomic E-state index is 0.214. The molecule has 34 heavy (non-hydrogen) atoms. The fraction of sp³-hybridized carbons (Fsp3) is 0.333. The van der Waals surface area contributed by atoms with Crippen LogP contribution in [0.25, 0.3) is 0 Å². The first kappa shape index (κ1) is 24.9. The first-order valence-corrected chi connectivity index (χ1v) is 12.9. The van der Waals surface area contributed by atoms with Crippen molar-refractivity contribution in [2.24, 2.45) is 0 Å². The third kappa shape index (κ3) is 6.28. The van der Waals surface area contributed by atoms with Crippen molar-refractivity contribution >= 4 is 52.8 Å². The van der Waals surface area contributed by atoms with Crippen molar-refractivity contribution in [3.8, 4) is 0 Å². The van der Waals surface area contributed by atoms with Crippen LogP contribution < -0.4 is 10.0 Å². The highest BCUT2D eigenvalue weighted by Gasteiger charge is 2.23. The molecule has 7 nitrogen and oxygen atoms in total. The predicted molar refractivity (Wildman–Crippen MR) is 139 cm³/mol. The standard InChI is InChI=1S/C24H27ClN4O3S2/c1-14-12-29(13-15(2)31-14)34-20-8-6-19(7-9-20)26-24(30)21-11-18(25)5-10-22(21)28-33-23-16(3)27-32-17(23)4/h5-11,14-15,28H,12-13H2,1-4H3,(H,26,30). The van der Waals surface area contributed by atoms with Gasteiger partial charge in [0, 0.05) is 28.7 Å². The number of nitrogens with one attached hydrogen (secondary N) is 2. The number of carbonyl (C=O) groups excluding carboxylic acids is 1. The van der Waals surface area contributed by atoms with Gasteiger partial charge in [-0.25, -0.2) is 4.31 Å². The van der Waals surface area contributed by atoms with Crippen molar-refractivity contribution in [1.29, 1.82) is 0 Å². The molecule has 0 bridgehead atoms. The van der Waals surface area contributed by atoms with Gasteiger partial charge in [-0.05, 0) is 94.1 Å². The molecular formula is C24H27ClN4O3S2. The van der Waals surface area contributed by atoms with Crippen molar-refractivity contribution < 1.29 is 14.1 Å². The van der Waals surface area contributed by atoms with E-state index in [4.69, 9.17) is 20.9 Å². The number of morpholine rings is 1. The van der Waals surface area contributed by atoms with Crippen molar-refractivity contribution in [2.45, 2.75) is 49.7 Å². The Morgan fingerprint density at radius 3 is 2.47 bits per heavy atom. The van der Waals surface area contributed by atoms with E-state index in [1.165, 1.54) is 11.9 Å². The molecular weight excluding hydrogens is 492 g/mol. The second-order valence-electron chi connectivity index (χ2n) is 8.22. The second kappa shape index (κ2) is 11.0. The Balaban J connectivity index is 1.41. The van der Waals surface area contributed by atoms with Crippen LogP contribution in [0.4, 0.5) is 11.4 Å². The number of carbonyl (C=O) groups is 1. The van der Waals surface area contributed by atoms with Crippen molar-refractivity contribution in [2.75, 3.05) is 23.1 Å². The smallest absolute Gasteiger partial charge is 0.257 e. The molecule has 0 radical (unpaired) electrons. The van der Waals surface area contributed by atoms with E-state index in [1.54, 1.807) is 30.1 Å². The molecule has 0 aliphatic carbocycles. The Morgan fingerprint density at radius 2 is 1.82 bits per heavy atom. The van der Waals surface area contributed by atoms with E-state index < -0.39 is 0 Å². The van der Waals surface area contributed by atoms with Crippen molar-refractivity contribution in [1.82, 2.24) is 9.46 Å². The van der Waals surface area contributed by atoms with Gasteiger partial charge in [0.05, 0.1) is 34.0 Å². The zero-order valence-electron chi connectivity index (χ0n) is 19.4. The van der Waals surface area contributed by atoms with Crippen LogP contribution in [0.5, 0.6) is 0 Å². The van der Waals surface area contributed by atoms with Crippen LogP contribution in [0.3, 0.4) is 0 Å². The Bertz CT molecular complexity index is 1130. The number of amides is 1. The van der Waals surface area contributed by atoms with Crippen molar-refractivity contribution in [3.05, 3.63) is 64.5 Å². The van der Waals surface area contributed by atoms with Gasteiger partial charge in [0.2, 0.25) is 0 Å². The number of benzene rings is 2. The summed E-state index contributed by atoms with van der Waals surface area (Å²) in [5.74, 6) is 0.467. The van der Waals surface area contributed by atoms with Crippen LogP contribution >= 0.6 is 35.5 Å². The van der Waals surface area contributed by atoms with Crippen LogP contribution in [-0.4, -0.2) is 40.7 Å². The summed E-state index contributed by atoms with van der Waals surface area (Å²) in [5.41, 5.74) is 2.59. The van der Waals surface area contributed by atoms with Gasteiger partial charge in [-0.15, -0.1) is 0 Å². The van der Waals surface area contributed by atoms with Crippen molar-refractivity contribution in [3.63, 3.8) is 0 Å². The summed E-state index contributed by atoms with van der Waals surface area (Å²) in [7, 11) is 0. The van der Waals surface area contributed by atoms with Gasteiger partial charge in [-0.1, -0.05) is 16.8 Å². The van der Waals surface area contributed by atoms with E-state index in [2.05, 4.69) is 33.3 Å². The molecule has 180 valence electrons. The second-order valence-corrected chi connectivity index (χ2v) is 10.6. The molecule has 1 fully saturated rings. The normalized spacial score (nSPS) is 18.6. The molecule has 0 saturated carbocycles. The van der Waals surface area contributed by atoms with Crippen LogP contribution in [0, 0.1) is 13.8 Å². The molecule has 0 spiro atoms. The maximum atomic E-state index is 13.1. The van der Waals surface area contributed by atoms with Gasteiger partial charge in [0.1, 0.15) is 5.76 Å². The number of hydrogen-bond acceptors (Lipinski definition) is 8. The molecule has 1 saturated heterocycles. The summed E-state index contributed by atoms with van der Waals surface area (Å²) in [5, 5.41) is 7.41. The first-order valence-electron chi connectivity index (χ1n) is 10.9. The molecule has 1 aromatic heterocycles. The maximum absolute atomic E-state index is 13.1. The maximum Gasteiger partial charge on any atom is 0.257 e. The quantitative estimate of drug-likeness (QED) is 0.346. The fourth-order valence-electron chi connectivity index (χ4n) is 3.67. The molecule has 1 amide bonds. The lowest BCUT2D eigenvalue weighted by molar-refractivity contribution is -0.0414. The Morgan fingerprint density at radius 1 is 1.12 bits per heavy atom. The molecule has 2 unspecified atom stereocenters. The number of aromatic nitrogens is 1. The lowest BCUT2D eigenvalue weighted by Gasteiger charge is -2.34. The fourth-order valence-corrected chi connectivity index (χ4v) is 5.72. The Kier molecular flexibility index (Phi) is 8.10. The third-order valence-corrected chi connectivity index (χ3v) is 7.57. The number of hydrogen-bond donors (Lipinski definition) is 2. The number of halogens is 1. The van der Waals surface area contributed by atoms with Crippen LogP contribution in [-0.2, 0) is 4.74 Å². The summed E-state index contributed by atoms with van der Waals surface area (Å²) in [6.45, 7) is 9.66. The summed E-state index contributed by atoms with van der Waals surface area (Å²) < 4.78 is 16.5. The average molecular weight is 519 g/mol. The lowest BCUT2D eigenvalue weighted by Crippen LogP contribution is -2.41. The number of rotatable bonds is 7. The number of aryl methyl sites for hydroxylation is 2. The van der Waals surface area contributed by atoms with Gasteiger partial charge < -0.3 is 19.3 Å². The summed E-state index contributed by atoms with van der Waals surface area (Å²) in [4.78, 5) is 15.1. The molecule has 10 heteroatoms. The molecule has 1 aliphatic heterocycles. The van der Waals surface area contributed by atoms with Gasteiger partial charge in [-0.3, -0.25) is 4.79 Å². The van der Waals surface area contributed by atoms with E-state index >= 15 is 0 Å². The highest BCUT2D eigenvalue weighted by Crippen LogP contribution is 2.31. The highest BCUT2D eigenvalue weighted by molar-refractivity contribution is 8.00.